The molecule has 0 saturated heterocycles. The third-order valence-electron chi connectivity index (χ3n) is 5.83. The Balaban J connectivity index is 1.55. The van der Waals surface area contributed by atoms with Gasteiger partial charge >= 0.3 is 0 Å². The molecule has 8 heteroatoms. The molecule has 3 aromatic carbocycles. The molecule has 2 heterocycles. The van der Waals surface area contributed by atoms with E-state index in [1.54, 1.807) is 17.9 Å². The minimum atomic E-state index is -0.402. The Morgan fingerprint density at radius 1 is 1.03 bits per heavy atom. The van der Waals surface area contributed by atoms with E-state index < -0.39 is 5.82 Å². The Morgan fingerprint density at radius 2 is 1.75 bits per heavy atom. The first-order chi connectivity index (χ1) is 17.5. The van der Waals surface area contributed by atoms with Gasteiger partial charge in [0.1, 0.15) is 22.6 Å². The van der Waals surface area contributed by atoms with Crippen molar-refractivity contribution in [3.05, 3.63) is 112 Å². The first-order valence-corrected chi connectivity index (χ1v) is 12.2. The van der Waals surface area contributed by atoms with E-state index in [4.69, 9.17) is 9.72 Å². The lowest BCUT2D eigenvalue weighted by Crippen LogP contribution is -2.24. The molecule has 0 bridgehead atoms. The molecule has 180 valence electrons. The van der Waals surface area contributed by atoms with Gasteiger partial charge in [0.15, 0.2) is 10.9 Å². The van der Waals surface area contributed by atoms with Crippen LogP contribution in [0, 0.1) is 5.82 Å². The van der Waals surface area contributed by atoms with Gasteiger partial charge < -0.3 is 9.72 Å². The Bertz CT molecular complexity index is 1580. The molecule has 36 heavy (non-hydrogen) atoms. The normalized spacial score (nSPS) is 11.1. The summed E-state index contributed by atoms with van der Waals surface area (Å²) in [6.45, 7) is 0.276. The van der Waals surface area contributed by atoms with Crippen molar-refractivity contribution < 1.29 is 13.9 Å². The summed E-state index contributed by atoms with van der Waals surface area (Å²) >= 11 is 1.19. The summed E-state index contributed by atoms with van der Waals surface area (Å²) in [5.41, 5.74) is 3.76. The number of thioether (sulfide) groups is 1. The molecule has 0 fully saturated rings. The molecule has 0 unspecified atom stereocenters. The van der Waals surface area contributed by atoms with Gasteiger partial charge in [-0.05, 0) is 47.5 Å². The van der Waals surface area contributed by atoms with Gasteiger partial charge in [-0.3, -0.25) is 14.2 Å². The molecule has 0 amide bonds. The van der Waals surface area contributed by atoms with Crippen LogP contribution in [-0.4, -0.2) is 33.2 Å². The van der Waals surface area contributed by atoms with Crippen LogP contribution in [0.15, 0.2) is 95.0 Å². The number of carbonyl (C=O) groups is 1. The smallest absolute Gasteiger partial charge is 0.278 e. The highest BCUT2D eigenvalue weighted by Gasteiger charge is 2.18. The molecular weight excluding hydrogens is 477 g/mol. The zero-order chi connectivity index (χ0) is 25.1. The number of rotatable bonds is 8. The number of fused-ring (bicyclic) bond motifs is 1. The molecule has 0 atom stereocenters. The fourth-order valence-electron chi connectivity index (χ4n) is 3.92. The molecule has 0 radical (unpaired) electrons. The van der Waals surface area contributed by atoms with Crippen molar-refractivity contribution in [3.8, 4) is 16.9 Å². The molecule has 1 N–H and O–H groups in total. The fraction of sp³-hybridized carbons (Fsp3) is 0.107. The first kappa shape index (κ1) is 23.6. The van der Waals surface area contributed by atoms with Gasteiger partial charge in [-0.2, -0.15) is 0 Å². The summed E-state index contributed by atoms with van der Waals surface area (Å²) in [5, 5.41) is 0.426. The van der Waals surface area contributed by atoms with E-state index in [0.29, 0.717) is 21.8 Å². The van der Waals surface area contributed by atoms with E-state index in [1.807, 2.05) is 54.6 Å². The number of aromatic nitrogens is 3. The Kier molecular flexibility index (Phi) is 6.69. The number of nitrogens with one attached hydrogen (secondary N) is 1. The highest BCUT2D eigenvalue weighted by Crippen LogP contribution is 2.28. The number of Topliss-reactive ketones (excluding diaryl/α,β-unsaturated/α-hetero) is 1. The summed E-state index contributed by atoms with van der Waals surface area (Å²) in [6.07, 6.45) is 1.78. The largest absolute Gasteiger partial charge is 0.497 e. The zero-order valence-corrected chi connectivity index (χ0v) is 20.2. The molecule has 0 aliphatic carbocycles. The maximum absolute atomic E-state index is 13.6. The molecule has 5 aromatic rings. The standard InChI is InChI=1S/C28H22FN3O3S/c1-35-22-13-7-18(8-14-22)16-32-27(34)26-25(23(15-30-26)19-5-3-2-4-6-19)31-28(32)36-17-24(33)20-9-11-21(29)12-10-20/h2-15,30H,16-17H2,1H3. The highest BCUT2D eigenvalue weighted by atomic mass is 32.2. The molecule has 5 rings (SSSR count). The summed E-state index contributed by atoms with van der Waals surface area (Å²) in [7, 11) is 1.60. The van der Waals surface area contributed by atoms with Gasteiger partial charge in [0.25, 0.3) is 5.56 Å². The summed E-state index contributed by atoms with van der Waals surface area (Å²) in [5.74, 6) is 0.191. The van der Waals surface area contributed by atoms with Crippen molar-refractivity contribution >= 4 is 28.6 Å². The molecule has 6 nitrogen and oxygen atoms in total. The van der Waals surface area contributed by atoms with Crippen LogP contribution in [0.2, 0.25) is 0 Å². The van der Waals surface area contributed by atoms with E-state index in [9.17, 15) is 14.0 Å². The van der Waals surface area contributed by atoms with Crippen LogP contribution in [0.4, 0.5) is 4.39 Å². The van der Waals surface area contributed by atoms with Crippen LogP contribution in [0.1, 0.15) is 15.9 Å². The van der Waals surface area contributed by atoms with Crippen molar-refractivity contribution in [3.63, 3.8) is 0 Å². The molecule has 0 spiro atoms. The van der Waals surface area contributed by atoms with Gasteiger partial charge in [-0.15, -0.1) is 0 Å². The second kappa shape index (κ2) is 10.2. The SMILES string of the molecule is COc1ccc(Cn2c(SCC(=O)c3ccc(F)cc3)nc3c(-c4ccccc4)c[nH]c3c2=O)cc1. The van der Waals surface area contributed by atoms with Crippen molar-refractivity contribution in [2.45, 2.75) is 11.7 Å². The van der Waals surface area contributed by atoms with Crippen LogP contribution >= 0.6 is 11.8 Å². The van der Waals surface area contributed by atoms with Crippen LogP contribution < -0.4 is 10.3 Å². The predicted octanol–water partition coefficient (Wildman–Crippen LogP) is 5.56. The number of nitrogens with zero attached hydrogens (tertiary/aromatic N) is 2. The number of ketones is 1. The third-order valence-corrected chi connectivity index (χ3v) is 6.81. The lowest BCUT2D eigenvalue weighted by molar-refractivity contribution is 0.102. The second-order valence-electron chi connectivity index (χ2n) is 8.14. The Morgan fingerprint density at radius 3 is 2.44 bits per heavy atom. The third kappa shape index (κ3) is 4.81. The number of ether oxygens (including phenoxy) is 1. The molecule has 2 aromatic heterocycles. The average Bonchev–Trinajstić information content (AvgIpc) is 3.34. The van der Waals surface area contributed by atoms with Crippen molar-refractivity contribution in [1.82, 2.24) is 14.5 Å². The van der Waals surface area contributed by atoms with Crippen LogP contribution in [0.3, 0.4) is 0 Å². The van der Waals surface area contributed by atoms with E-state index in [1.165, 1.54) is 36.0 Å². The van der Waals surface area contributed by atoms with Crippen molar-refractivity contribution in [2.24, 2.45) is 0 Å². The average molecular weight is 500 g/mol. The van der Waals surface area contributed by atoms with Gasteiger partial charge in [0.05, 0.1) is 19.4 Å². The van der Waals surface area contributed by atoms with E-state index in [2.05, 4.69) is 4.98 Å². The van der Waals surface area contributed by atoms with E-state index in [0.717, 1.165) is 22.4 Å². The number of carbonyl (C=O) groups excluding carboxylic acids is 1. The summed E-state index contributed by atoms with van der Waals surface area (Å²) in [6, 6.07) is 22.6. The molecule has 0 saturated carbocycles. The monoisotopic (exact) mass is 499 g/mol. The zero-order valence-electron chi connectivity index (χ0n) is 19.4. The highest BCUT2D eigenvalue weighted by molar-refractivity contribution is 7.99. The van der Waals surface area contributed by atoms with Gasteiger partial charge in [0, 0.05) is 17.3 Å². The van der Waals surface area contributed by atoms with Crippen molar-refractivity contribution in [2.75, 3.05) is 12.9 Å². The summed E-state index contributed by atoms with van der Waals surface area (Å²) < 4.78 is 20.1. The number of hydrogen-bond acceptors (Lipinski definition) is 5. The first-order valence-electron chi connectivity index (χ1n) is 11.3. The second-order valence-corrected chi connectivity index (χ2v) is 9.09. The Hall–Kier alpha value is -4.17. The van der Waals surface area contributed by atoms with Gasteiger partial charge in [-0.1, -0.05) is 54.2 Å². The van der Waals surface area contributed by atoms with Crippen LogP contribution in [0.25, 0.3) is 22.2 Å². The lowest BCUT2D eigenvalue weighted by Gasteiger charge is -2.13. The predicted molar refractivity (Wildman–Crippen MR) is 139 cm³/mol. The number of H-pyrrole nitrogens is 1. The van der Waals surface area contributed by atoms with Gasteiger partial charge in [0.2, 0.25) is 0 Å². The van der Waals surface area contributed by atoms with E-state index >= 15 is 0 Å². The number of aromatic amines is 1. The minimum Gasteiger partial charge on any atom is -0.497 e. The van der Waals surface area contributed by atoms with Crippen molar-refractivity contribution in [1.29, 1.82) is 0 Å². The quantitative estimate of drug-likeness (QED) is 0.172. The van der Waals surface area contributed by atoms with Crippen LogP contribution in [-0.2, 0) is 6.54 Å². The number of hydrogen-bond donors (Lipinski definition) is 1. The topological polar surface area (TPSA) is 77.0 Å². The van der Waals surface area contributed by atoms with E-state index in [-0.39, 0.29) is 23.6 Å². The Labute approximate surface area is 210 Å². The van der Waals surface area contributed by atoms with Crippen LogP contribution in [0.5, 0.6) is 5.75 Å². The minimum absolute atomic E-state index is 0.0529. The lowest BCUT2D eigenvalue weighted by atomic mass is 10.1. The maximum Gasteiger partial charge on any atom is 0.278 e. The maximum atomic E-state index is 13.6. The number of methoxy groups -OCH3 is 1. The molecular formula is C28H22FN3O3S. The number of halogens is 1. The summed E-state index contributed by atoms with van der Waals surface area (Å²) in [4.78, 5) is 34.3. The van der Waals surface area contributed by atoms with Gasteiger partial charge in [-0.25, -0.2) is 9.37 Å². The fourth-order valence-corrected chi connectivity index (χ4v) is 4.81. The molecule has 0 aliphatic rings. The molecule has 0 aliphatic heterocycles. The number of benzene rings is 3.